The minimum Gasteiger partial charge on any atom is -0.275 e. The summed E-state index contributed by atoms with van der Waals surface area (Å²) in [5.41, 5.74) is -0.0732. The van der Waals surface area contributed by atoms with Gasteiger partial charge < -0.3 is 0 Å². The van der Waals surface area contributed by atoms with Crippen molar-refractivity contribution in [2.75, 3.05) is 5.75 Å². The van der Waals surface area contributed by atoms with Crippen molar-refractivity contribution in [3.8, 4) is 0 Å². The maximum Gasteiger partial charge on any atom is 0.236 e. The Kier molecular flexibility index (Phi) is 2.05. The highest BCUT2D eigenvalue weighted by atomic mass is 32.2. The van der Waals surface area contributed by atoms with E-state index in [0.717, 1.165) is 0 Å². The Labute approximate surface area is 69.1 Å². The average Bonchev–Trinajstić information content (AvgIpc) is 2.08. The zero-order valence-corrected chi connectivity index (χ0v) is 7.83. The molecular formula is C7H13NO2S. The van der Waals surface area contributed by atoms with E-state index in [-0.39, 0.29) is 17.2 Å². The molecule has 2 unspecified atom stereocenters. The zero-order chi connectivity index (χ0) is 8.65. The summed E-state index contributed by atoms with van der Waals surface area (Å²) in [4.78, 5) is 11.1. The van der Waals surface area contributed by atoms with Gasteiger partial charge in [0, 0.05) is 0 Å². The molecule has 1 saturated heterocycles. The SMILES string of the molecule is CC(C)(C)C1CS(=O)NC1=O. The van der Waals surface area contributed by atoms with Gasteiger partial charge in [0.2, 0.25) is 5.91 Å². The second-order valence-corrected chi connectivity index (χ2v) is 5.13. The molecule has 4 heteroatoms. The number of amides is 1. The highest BCUT2D eigenvalue weighted by Gasteiger charge is 2.38. The van der Waals surface area contributed by atoms with Gasteiger partial charge in [0.1, 0.15) is 11.0 Å². The molecule has 1 fully saturated rings. The van der Waals surface area contributed by atoms with Gasteiger partial charge in [-0.25, -0.2) is 4.21 Å². The highest BCUT2D eigenvalue weighted by molar-refractivity contribution is 7.84. The first-order valence-corrected chi connectivity index (χ1v) is 4.92. The fourth-order valence-corrected chi connectivity index (χ4v) is 2.50. The van der Waals surface area contributed by atoms with Crippen LogP contribution in [0.5, 0.6) is 0 Å². The van der Waals surface area contributed by atoms with Gasteiger partial charge in [-0.15, -0.1) is 0 Å². The predicted octanol–water partition coefficient (Wildman–Crippen LogP) is 0.442. The minimum absolute atomic E-state index is 0.0732. The maximum absolute atomic E-state index is 11.1. The van der Waals surface area contributed by atoms with E-state index in [1.807, 2.05) is 20.8 Å². The Morgan fingerprint density at radius 1 is 1.55 bits per heavy atom. The van der Waals surface area contributed by atoms with E-state index in [9.17, 15) is 9.00 Å². The summed E-state index contributed by atoms with van der Waals surface area (Å²) in [5, 5.41) is 0. The fraction of sp³-hybridized carbons (Fsp3) is 0.857. The molecule has 1 N–H and O–H groups in total. The standard InChI is InChI=1S/C7H13NO2S/c1-7(2,3)5-4-11(10)8-6(5)9/h5H,4H2,1-3H3,(H,8,9). The smallest absolute Gasteiger partial charge is 0.236 e. The first kappa shape index (κ1) is 8.71. The first-order valence-electron chi connectivity index (χ1n) is 3.60. The summed E-state index contributed by atoms with van der Waals surface area (Å²) >= 11 is 0. The third kappa shape index (κ3) is 1.80. The van der Waals surface area contributed by atoms with E-state index in [4.69, 9.17) is 0 Å². The number of nitrogens with one attached hydrogen (secondary N) is 1. The van der Waals surface area contributed by atoms with Crippen molar-refractivity contribution in [1.82, 2.24) is 4.72 Å². The van der Waals surface area contributed by atoms with Gasteiger partial charge in [-0.3, -0.25) is 9.52 Å². The molecule has 0 saturated carbocycles. The lowest BCUT2D eigenvalue weighted by atomic mass is 9.82. The summed E-state index contributed by atoms with van der Waals surface area (Å²) in [6, 6.07) is 0. The Balaban J connectivity index is 2.76. The van der Waals surface area contributed by atoms with Gasteiger partial charge >= 0.3 is 0 Å². The van der Waals surface area contributed by atoms with Crippen molar-refractivity contribution >= 4 is 16.9 Å². The lowest BCUT2D eigenvalue weighted by molar-refractivity contribution is -0.124. The monoisotopic (exact) mass is 175 g/mol. The quantitative estimate of drug-likeness (QED) is 0.580. The summed E-state index contributed by atoms with van der Waals surface area (Å²) < 4.78 is 13.3. The van der Waals surface area contributed by atoms with Crippen LogP contribution in [0.15, 0.2) is 0 Å². The van der Waals surface area contributed by atoms with Gasteiger partial charge in [-0.1, -0.05) is 20.8 Å². The summed E-state index contributed by atoms with van der Waals surface area (Å²) in [5.74, 6) is 0.293. The Bertz CT molecular complexity index is 207. The molecule has 0 aliphatic carbocycles. The second-order valence-electron chi connectivity index (χ2n) is 3.90. The lowest BCUT2D eigenvalue weighted by Gasteiger charge is -2.22. The van der Waals surface area contributed by atoms with Crippen LogP contribution in [0.1, 0.15) is 20.8 Å². The van der Waals surface area contributed by atoms with Crippen molar-refractivity contribution in [2.24, 2.45) is 11.3 Å². The molecule has 1 aliphatic rings. The molecule has 0 bridgehead atoms. The van der Waals surface area contributed by atoms with Gasteiger partial charge in [0.25, 0.3) is 0 Å². The van der Waals surface area contributed by atoms with Crippen molar-refractivity contribution in [3.63, 3.8) is 0 Å². The molecule has 1 rings (SSSR count). The van der Waals surface area contributed by atoms with Crippen LogP contribution in [-0.2, 0) is 15.8 Å². The van der Waals surface area contributed by atoms with Crippen LogP contribution in [0, 0.1) is 11.3 Å². The Morgan fingerprint density at radius 2 is 2.09 bits per heavy atom. The third-order valence-electron chi connectivity index (χ3n) is 1.89. The highest BCUT2D eigenvalue weighted by Crippen LogP contribution is 2.29. The van der Waals surface area contributed by atoms with Crippen molar-refractivity contribution < 1.29 is 9.00 Å². The van der Waals surface area contributed by atoms with Crippen LogP contribution in [0.3, 0.4) is 0 Å². The average molecular weight is 175 g/mol. The van der Waals surface area contributed by atoms with Gasteiger partial charge in [-0.2, -0.15) is 0 Å². The second kappa shape index (κ2) is 2.59. The minimum atomic E-state index is -1.13. The molecule has 0 aromatic heterocycles. The van der Waals surface area contributed by atoms with Crippen molar-refractivity contribution in [3.05, 3.63) is 0 Å². The number of hydrogen-bond donors (Lipinski definition) is 1. The van der Waals surface area contributed by atoms with E-state index < -0.39 is 11.0 Å². The number of hydrogen-bond acceptors (Lipinski definition) is 2. The fourth-order valence-electron chi connectivity index (χ4n) is 1.10. The molecule has 0 radical (unpaired) electrons. The van der Waals surface area contributed by atoms with Crippen LogP contribution in [0.25, 0.3) is 0 Å². The summed E-state index contributed by atoms with van der Waals surface area (Å²) in [6.07, 6.45) is 0. The van der Waals surface area contributed by atoms with Crippen LogP contribution < -0.4 is 4.72 Å². The van der Waals surface area contributed by atoms with Crippen molar-refractivity contribution in [2.45, 2.75) is 20.8 Å². The summed E-state index contributed by atoms with van der Waals surface area (Å²) in [7, 11) is -1.13. The molecule has 64 valence electrons. The molecule has 11 heavy (non-hydrogen) atoms. The van der Waals surface area contributed by atoms with Crippen LogP contribution >= 0.6 is 0 Å². The van der Waals surface area contributed by atoms with E-state index in [2.05, 4.69) is 4.72 Å². The topological polar surface area (TPSA) is 46.2 Å². The number of rotatable bonds is 0. The molecule has 2 atom stereocenters. The maximum atomic E-state index is 11.1. The summed E-state index contributed by atoms with van der Waals surface area (Å²) in [6.45, 7) is 5.96. The van der Waals surface area contributed by atoms with Crippen LogP contribution in [-0.4, -0.2) is 15.9 Å². The van der Waals surface area contributed by atoms with Crippen LogP contribution in [0.4, 0.5) is 0 Å². The largest absolute Gasteiger partial charge is 0.275 e. The molecule has 0 aromatic carbocycles. The lowest BCUT2D eigenvalue weighted by Crippen LogP contribution is -2.29. The molecule has 1 heterocycles. The molecule has 1 amide bonds. The van der Waals surface area contributed by atoms with E-state index in [1.54, 1.807) is 0 Å². The molecule has 3 nitrogen and oxygen atoms in total. The number of carbonyl (C=O) groups is 1. The van der Waals surface area contributed by atoms with Crippen LogP contribution in [0.2, 0.25) is 0 Å². The van der Waals surface area contributed by atoms with E-state index in [1.165, 1.54) is 0 Å². The van der Waals surface area contributed by atoms with E-state index >= 15 is 0 Å². The number of carbonyl (C=O) groups excluding carboxylic acids is 1. The molecule has 0 spiro atoms. The Morgan fingerprint density at radius 3 is 2.27 bits per heavy atom. The van der Waals surface area contributed by atoms with E-state index in [0.29, 0.717) is 5.75 Å². The van der Waals surface area contributed by atoms with Gasteiger partial charge in [0.15, 0.2) is 0 Å². The molecule has 0 aromatic rings. The third-order valence-corrected chi connectivity index (χ3v) is 2.96. The van der Waals surface area contributed by atoms with Gasteiger partial charge in [0.05, 0.1) is 11.7 Å². The predicted molar refractivity (Wildman–Crippen MR) is 44.1 cm³/mol. The normalized spacial score (nSPS) is 32.1. The zero-order valence-electron chi connectivity index (χ0n) is 7.01. The van der Waals surface area contributed by atoms with Crippen molar-refractivity contribution in [1.29, 1.82) is 0 Å². The first-order chi connectivity index (χ1) is 4.91. The molecule has 1 aliphatic heterocycles. The Hall–Kier alpha value is -0.380. The molecular weight excluding hydrogens is 162 g/mol. The van der Waals surface area contributed by atoms with Gasteiger partial charge in [-0.05, 0) is 5.41 Å².